The Labute approximate surface area is 361 Å². The summed E-state index contributed by atoms with van der Waals surface area (Å²) < 4.78 is 63.2. The normalized spacial score (nSPS) is 18.6. The second-order valence-corrected chi connectivity index (χ2v) is 19.8. The summed E-state index contributed by atoms with van der Waals surface area (Å²) in [5, 5.41) is 4.86. The maximum atomic E-state index is 13.9. The second kappa shape index (κ2) is 17.4. The molecule has 2 aliphatic carbocycles. The third-order valence-corrected chi connectivity index (χ3v) is 14.1. The van der Waals surface area contributed by atoms with E-state index in [2.05, 4.69) is 55.8 Å². The fourth-order valence-corrected chi connectivity index (χ4v) is 9.95. The molecule has 1 aliphatic heterocycles. The molecule has 1 amide bonds. The number of carbonyl (C=O) groups is 1. The van der Waals surface area contributed by atoms with Gasteiger partial charge in [0.05, 0.1) is 16.7 Å². The number of aromatic nitrogens is 2. The molecule has 8 rings (SSSR count). The van der Waals surface area contributed by atoms with E-state index in [0.717, 1.165) is 68.1 Å². The van der Waals surface area contributed by atoms with E-state index < -0.39 is 21.9 Å². The number of benzene rings is 3. The SMILES string of the molecule is Cc1cc(S(=O)(=O)NC(=O)c2ccc(N3CCN(CC4=C(c5ccc(Cl)cc5)CC(C)(C)CC4)CC3)cc2Oc2cnc3[nH]ccc3c2)ccc1NCC1CCC(F)(F)CC1. The predicted molar refractivity (Wildman–Crippen MR) is 238 cm³/mol. The van der Waals surface area contributed by atoms with E-state index in [1.165, 1.54) is 28.8 Å². The number of rotatable bonds is 12. The van der Waals surface area contributed by atoms with Crippen molar-refractivity contribution in [2.75, 3.05) is 49.5 Å². The quantitative estimate of drug-likeness (QED) is 0.113. The number of hydrogen-bond acceptors (Lipinski definition) is 8. The molecule has 3 aliphatic rings. The molecule has 10 nitrogen and oxygen atoms in total. The lowest BCUT2D eigenvalue weighted by Crippen LogP contribution is -2.47. The van der Waals surface area contributed by atoms with E-state index in [4.69, 9.17) is 16.3 Å². The number of fused-ring (bicyclic) bond motifs is 1. The molecule has 5 aromatic rings. The van der Waals surface area contributed by atoms with Crippen molar-refractivity contribution >= 4 is 55.5 Å². The van der Waals surface area contributed by atoms with Crippen LogP contribution in [-0.4, -0.2) is 74.4 Å². The van der Waals surface area contributed by atoms with E-state index in [1.807, 2.05) is 30.3 Å². The van der Waals surface area contributed by atoms with E-state index in [1.54, 1.807) is 37.5 Å². The van der Waals surface area contributed by atoms with Crippen molar-refractivity contribution in [3.63, 3.8) is 0 Å². The molecule has 0 atom stereocenters. The number of piperazine rings is 1. The topological polar surface area (TPSA) is 120 Å². The van der Waals surface area contributed by atoms with Crippen LogP contribution in [0.4, 0.5) is 20.2 Å². The molecule has 0 bridgehead atoms. The fourth-order valence-electron chi connectivity index (χ4n) is 8.78. The average Bonchev–Trinajstić information content (AvgIpc) is 3.70. The molecular formula is C47H53ClF2N6O4S. The molecule has 0 radical (unpaired) electrons. The summed E-state index contributed by atoms with van der Waals surface area (Å²) in [7, 11) is -4.29. The highest BCUT2D eigenvalue weighted by atomic mass is 35.5. The first kappa shape index (κ1) is 42.7. The summed E-state index contributed by atoms with van der Waals surface area (Å²) in [5.74, 6) is -2.73. The number of carbonyl (C=O) groups excluding carboxylic acids is 1. The van der Waals surface area contributed by atoms with Crippen LogP contribution in [0.5, 0.6) is 11.5 Å². The molecule has 1 saturated carbocycles. The Balaban J connectivity index is 0.974. The van der Waals surface area contributed by atoms with Crippen LogP contribution in [0, 0.1) is 18.3 Å². The fraction of sp³-hybridized carbons (Fsp3) is 0.404. The third kappa shape index (κ3) is 10.2. The number of anilines is 2. The van der Waals surface area contributed by atoms with Crippen LogP contribution in [0.3, 0.4) is 0 Å². The highest BCUT2D eigenvalue weighted by molar-refractivity contribution is 7.90. The first-order valence-electron chi connectivity index (χ1n) is 21.1. The van der Waals surface area contributed by atoms with Crippen molar-refractivity contribution < 1.29 is 26.7 Å². The Morgan fingerprint density at radius 2 is 1.72 bits per heavy atom. The van der Waals surface area contributed by atoms with E-state index in [9.17, 15) is 22.0 Å². The first-order valence-corrected chi connectivity index (χ1v) is 22.9. The smallest absolute Gasteiger partial charge is 0.268 e. The third-order valence-electron chi connectivity index (χ3n) is 12.5. The van der Waals surface area contributed by atoms with Gasteiger partial charge < -0.3 is 19.9 Å². The van der Waals surface area contributed by atoms with Crippen molar-refractivity contribution in [3.8, 4) is 11.5 Å². The van der Waals surface area contributed by atoms with Crippen LogP contribution in [0.1, 0.15) is 80.3 Å². The molecule has 2 fully saturated rings. The van der Waals surface area contributed by atoms with Crippen LogP contribution >= 0.6 is 11.6 Å². The Bertz CT molecular complexity index is 2540. The van der Waals surface area contributed by atoms with Gasteiger partial charge in [0, 0.05) is 86.2 Å². The van der Waals surface area contributed by atoms with E-state index in [-0.39, 0.29) is 40.4 Å². The van der Waals surface area contributed by atoms with Crippen molar-refractivity contribution in [3.05, 3.63) is 112 Å². The van der Waals surface area contributed by atoms with Crippen LogP contribution in [0.2, 0.25) is 5.02 Å². The van der Waals surface area contributed by atoms with Gasteiger partial charge in [0.15, 0.2) is 0 Å². The van der Waals surface area contributed by atoms with Gasteiger partial charge in [0.2, 0.25) is 5.92 Å². The Kier molecular flexibility index (Phi) is 12.2. The lowest BCUT2D eigenvalue weighted by atomic mass is 9.72. The van der Waals surface area contributed by atoms with E-state index in [0.29, 0.717) is 42.0 Å². The standard InChI is InChI=1S/C47H53ClF2N6O4S/c1-31-24-39(9-11-42(31)52-28-32-12-17-47(49,50)18-13-32)61(58,59)54-45(57)40-10-8-37(26-43(40)60-38-25-34-15-19-51-44(34)53-29-38)56-22-20-55(21-23-56)30-35-14-16-46(2,3)27-41(35)33-4-6-36(48)7-5-33/h4-11,15,19,24-26,29,32,52H,12-14,16-18,20-23,27-28,30H2,1-3H3,(H,51,53)(H,54,57). The Morgan fingerprint density at radius 3 is 2.46 bits per heavy atom. The number of nitrogens with one attached hydrogen (secondary N) is 3. The first-order chi connectivity index (χ1) is 29.1. The van der Waals surface area contributed by atoms with E-state index >= 15 is 0 Å². The van der Waals surface area contributed by atoms with Gasteiger partial charge in [-0.15, -0.1) is 0 Å². The zero-order valence-corrected chi connectivity index (χ0v) is 36.4. The van der Waals surface area contributed by atoms with Crippen LogP contribution in [0.25, 0.3) is 16.6 Å². The molecule has 3 aromatic carbocycles. The number of ether oxygens (including phenoxy) is 1. The number of sulfonamides is 1. The molecule has 322 valence electrons. The largest absolute Gasteiger partial charge is 0.455 e. The lowest BCUT2D eigenvalue weighted by molar-refractivity contribution is -0.0443. The number of halogens is 3. The van der Waals surface area contributed by atoms with Gasteiger partial charge in [-0.3, -0.25) is 9.69 Å². The van der Waals surface area contributed by atoms with Crippen molar-refractivity contribution in [2.24, 2.45) is 11.3 Å². The summed E-state index contributed by atoms with van der Waals surface area (Å²) in [6.45, 7) is 11.1. The minimum atomic E-state index is -4.29. The van der Waals surface area contributed by atoms with Gasteiger partial charge in [0.1, 0.15) is 17.1 Å². The molecule has 0 unspecified atom stereocenters. The number of allylic oxidation sites excluding steroid dienone is 1. The Hall–Kier alpha value is -4.98. The minimum Gasteiger partial charge on any atom is -0.455 e. The summed E-state index contributed by atoms with van der Waals surface area (Å²) in [6.07, 6.45) is 7.20. The number of alkyl halides is 2. The van der Waals surface area contributed by atoms with Gasteiger partial charge in [-0.2, -0.15) is 0 Å². The summed E-state index contributed by atoms with van der Waals surface area (Å²) in [4.78, 5) is 26.1. The van der Waals surface area contributed by atoms with Gasteiger partial charge in [-0.25, -0.2) is 26.9 Å². The Morgan fingerprint density at radius 1 is 0.967 bits per heavy atom. The minimum absolute atomic E-state index is 0.0510. The number of aryl methyl sites for hydroxylation is 1. The molecule has 61 heavy (non-hydrogen) atoms. The summed E-state index contributed by atoms with van der Waals surface area (Å²) >= 11 is 6.24. The number of amides is 1. The highest BCUT2D eigenvalue weighted by Crippen LogP contribution is 2.44. The number of pyridine rings is 1. The molecule has 14 heteroatoms. The van der Waals surface area contributed by atoms with Crippen molar-refractivity contribution in [1.29, 1.82) is 0 Å². The molecule has 2 aromatic heterocycles. The van der Waals surface area contributed by atoms with Crippen molar-refractivity contribution in [2.45, 2.75) is 76.5 Å². The molecular weight excluding hydrogens is 818 g/mol. The second-order valence-electron chi connectivity index (χ2n) is 17.7. The zero-order valence-electron chi connectivity index (χ0n) is 34.9. The van der Waals surface area contributed by atoms with Crippen LogP contribution < -0.4 is 19.7 Å². The van der Waals surface area contributed by atoms with Crippen LogP contribution in [-0.2, 0) is 10.0 Å². The van der Waals surface area contributed by atoms with Gasteiger partial charge in [-0.1, -0.05) is 43.2 Å². The van der Waals surface area contributed by atoms with Gasteiger partial charge >= 0.3 is 0 Å². The number of hydrogen-bond donors (Lipinski definition) is 3. The molecule has 3 N–H and O–H groups in total. The molecule has 3 heterocycles. The average molecular weight is 871 g/mol. The number of aromatic amines is 1. The lowest BCUT2D eigenvalue weighted by Gasteiger charge is -2.39. The molecule has 1 saturated heterocycles. The monoisotopic (exact) mass is 870 g/mol. The molecule has 0 spiro atoms. The van der Waals surface area contributed by atoms with Crippen molar-refractivity contribution in [1.82, 2.24) is 19.6 Å². The maximum absolute atomic E-state index is 13.9. The van der Waals surface area contributed by atoms with Crippen LogP contribution in [0.15, 0.2) is 95.7 Å². The highest BCUT2D eigenvalue weighted by Gasteiger charge is 2.35. The summed E-state index contributed by atoms with van der Waals surface area (Å²) in [5.41, 5.74) is 7.34. The number of nitrogens with zero attached hydrogens (tertiary/aromatic N) is 3. The van der Waals surface area contributed by atoms with Gasteiger partial charge in [0.25, 0.3) is 15.9 Å². The zero-order chi connectivity index (χ0) is 42.9. The number of H-pyrrole nitrogens is 1. The predicted octanol–water partition coefficient (Wildman–Crippen LogP) is 10.5. The van der Waals surface area contributed by atoms with Gasteiger partial charge in [-0.05, 0) is 122 Å². The maximum Gasteiger partial charge on any atom is 0.268 e. The summed E-state index contributed by atoms with van der Waals surface area (Å²) in [6, 6.07) is 21.7.